The standard InChI is InChI=1S/C27H20N2O4S2/c1-18-11-14-21(15-12-18)35(31,32)33-24-16-13-19-7-5-6-10-22(19)23(24)17-25-26(30)29-27(34-25)28-20-8-3-2-4-9-20/h2-17H,1H3,(H,28,29,30)/b25-17-. The summed E-state index contributed by atoms with van der Waals surface area (Å²) >= 11 is 1.19. The minimum atomic E-state index is -4.08. The molecule has 0 unspecified atom stereocenters. The monoisotopic (exact) mass is 500 g/mol. The van der Waals surface area contributed by atoms with E-state index >= 15 is 0 Å². The van der Waals surface area contributed by atoms with Gasteiger partial charge in [-0.1, -0.05) is 66.2 Å². The van der Waals surface area contributed by atoms with Gasteiger partial charge in [0.15, 0.2) is 10.9 Å². The number of para-hydroxylation sites is 1. The molecule has 1 aliphatic heterocycles. The third-order valence-corrected chi connectivity index (χ3v) is 7.51. The van der Waals surface area contributed by atoms with Crippen LogP contribution in [0.4, 0.5) is 5.69 Å². The second-order valence-corrected chi connectivity index (χ2v) is 10.4. The van der Waals surface area contributed by atoms with Crippen LogP contribution in [0.3, 0.4) is 0 Å². The number of hydrogen-bond acceptors (Lipinski definition) is 6. The van der Waals surface area contributed by atoms with Crippen LogP contribution in [0.2, 0.25) is 0 Å². The minimum absolute atomic E-state index is 0.0557. The number of fused-ring (bicyclic) bond motifs is 1. The molecule has 6 nitrogen and oxygen atoms in total. The molecule has 0 aromatic heterocycles. The number of nitrogens with zero attached hydrogens (tertiary/aromatic N) is 1. The molecule has 0 saturated carbocycles. The van der Waals surface area contributed by atoms with E-state index in [4.69, 9.17) is 4.18 Å². The Bertz CT molecular complexity index is 1590. The van der Waals surface area contributed by atoms with E-state index < -0.39 is 10.1 Å². The number of carbonyl (C=O) groups excluding carboxylic acids is 1. The second-order valence-electron chi connectivity index (χ2n) is 7.87. The molecule has 1 heterocycles. The van der Waals surface area contributed by atoms with Crippen molar-refractivity contribution in [1.82, 2.24) is 5.32 Å². The van der Waals surface area contributed by atoms with E-state index in [1.807, 2.05) is 61.5 Å². The van der Waals surface area contributed by atoms with Gasteiger partial charge in [0.1, 0.15) is 4.90 Å². The molecule has 5 rings (SSSR count). The molecule has 1 amide bonds. The minimum Gasteiger partial charge on any atom is -0.378 e. The zero-order chi connectivity index (χ0) is 24.4. The van der Waals surface area contributed by atoms with Crippen LogP contribution in [-0.4, -0.2) is 19.5 Å². The SMILES string of the molecule is Cc1ccc(S(=O)(=O)Oc2ccc3ccccc3c2/C=C2\SC(=Nc3ccccc3)NC2=O)cc1. The van der Waals surface area contributed by atoms with Gasteiger partial charge in [-0.2, -0.15) is 8.42 Å². The Morgan fingerprint density at radius 2 is 1.60 bits per heavy atom. The lowest BCUT2D eigenvalue weighted by Gasteiger charge is -2.12. The average Bonchev–Trinajstić information content (AvgIpc) is 3.19. The number of aliphatic imine (C=N–C) groups is 1. The van der Waals surface area contributed by atoms with Crippen molar-refractivity contribution < 1.29 is 17.4 Å². The van der Waals surface area contributed by atoms with E-state index in [9.17, 15) is 13.2 Å². The highest BCUT2D eigenvalue weighted by Gasteiger charge is 2.26. The highest BCUT2D eigenvalue weighted by atomic mass is 32.2. The summed E-state index contributed by atoms with van der Waals surface area (Å²) in [5.41, 5.74) is 2.16. The second kappa shape index (κ2) is 9.40. The van der Waals surface area contributed by atoms with Crippen molar-refractivity contribution in [2.75, 3.05) is 0 Å². The van der Waals surface area contributed by atoms with Gasteiger partial charge in [-0.05, 0) is 65.9 Å². The summed E-state index contributed by atoms with van der Waals surface area (Å²) in [7, 11) is -4.08. The van der Waals surface area contributed by atoms with Gasteiger partial charge in [-0.15, -0.1) is 0 Å². The molecule has 0 aliphatic carbocycles. The third kappa shape index (κ3) is 4.99. The van der Waals surface area contributed by atoms with Crippen LogP contribution in [0.15, 0.2) is 106 Å². The van der Waals surface area contributed by atoms with E-state index in [0.717, 1.165) is 22.0 Å². The number of aryl methyl sites for hydroxylation is 1. The summed E-state index contributed by atoms with van der Waals surface area (Å²) in [4.78, 5) is 17.6. The summed E-state index contributed by atoms with van der Waals surface area (Å²) in [6, 6.07) is 26.7. The Morgan fingerprint density at radius 1 is 0.886 bits per heavy atom. The number of amides is 1. The number of rotatable bonds is 5. The Morgan fingerprint density at radius 3 is 2.37 bits per heavy atom. The molecule has 1 N–H and O–H groups in total. The van der Waals surface area contributed by atoms with Gasteiger partial charge >= 0.3 is 10.1 Å². The zero-order valence-electron chi connectivity index (χ0n) is 18.6. The summed E-state index contributed by atoms with van der Waals surface area (Å²) in [6.45, 7) is 1.88. The Balaban J connectivity index is 1.56. The quantitative estimate of drug-likeness (QED) is 0.276. The fraction of sp³-hybridized carbons (Fsp3) is 0.0370. The number of carbonyl (C=O) groups is 1. The third-order valence-electron chi connectivity index (χ3n) is 5.35. The van der Waals surface area contributed by atoms with Crippen LogP contribution < -0.4 is 9.50 Å². The largest absolute Gasteiger partial charge is 0.378 e. The first kappa shape index (κ1) is 22.9. The van der Waals surface area contributed by atoms with Crippen LogP contribution in [-0.2, 0) is 14.9 Å². The molecule has 0 bridgehead atoms. The van der Waals surface area contributed by atoms with E-state index in [1.165, 1.54) is 23.9 Å². The first-order valence-electron chi connectivity index (χ1n) is 10.8. The smallest absolute Gasteiger partial charge is 0.339 e. The molecule has 1 saturated heterocycles. The van der Waals surface area contributed by atoms with Crippen molar-refractivity contribution in [2.45, 2.75) is 11.8 Å². The fourth-order valence-electron chi connectivity index (χ4n) is 3.60. The van der Waals surface area contributed by atoms with Gasteiger partial charge in [0.2, 0.25) is 0 Å². The van der Waals surface area contributed by atoms with Gasteiger partial charge in [0, 0.05) is 5.56 Å². The van der Waals surface area contributed by atoms with Gasteiger partial charge < -0.3 is 9.50 Å². The normalized spacial score (nSPS) is 16.1. The van der Waals surface area contributed by atoms with E-state index in [1.54, 1.807) is 30.3 Å². The highest BCUT2D eigenvalue weighted by Crippen LogP contribution is 2.36. The molecule has 1 aliphatic rings. The van der Waals surface area contributed by atoms with Crippen LogP contribution in [0.1, 0.15) is 11.1 Å². The van der Waals surface area contributed by atoms with Gasteiger partial charge in [0.05, 0.1) is 10.6 Å². The molecule has 0 radical (unpaired) electrons. The van der Waals surface area contributed by atoms with Crippen molar-refractivity contribution >= 4 is 55.5 Å². The Labute approximate surface area is 207 Å². The molecule has 1 fully saturated rings. The lowest BCUT2D eigenvalue weighted by atomic mass is 10.0. The van der Waals surface area contributed by atoms with E-state index in [0.29, 0.717) is 15.6 Å². The summed E-state index contributed by atoms with van der Waals surface area (Å²) in [5.74, 6) is -0.177. The molecule has 4 aromatic rings. The van der Waals surface area contributed by atoms with Crippen molar-refractivity contribution in [3.05, 3.63) is 107 Å². The number of benzene rings is 4. The predicted octanol–water partition coefficient (Wildman–Crippen LogP) is 5.81. The van der Waals surface area contributed by atoms with E-state index in [2.05, 4.69) is 10.3 Å². The molecule has 0 spiro atoms. The van der Waals surface area contributed by atoms with Gasteiger partial charge in [-0.3, -0.25) is 4.79 Å². The zero-order valence-corrected chi connectivity index (χ0v) is 20.3. The summed E-state index contributed by atoms with van der Waals surface area (Å²) in [5, 5.41) is 4.87. The molecule has 4 aromatic carbocycles. The van der Waals surface area contributed by atoms with Crippen LogP contribution in [0, 0.1) is 6.92 Å². The predicted molar refractivity (Wildman–Crippen MR) is 140 cm³/mol. The van der Waals surface area contributed by atoms with Crippen LogP contribution in [0.25, 0.3) is 16.8 Å². The molecular formula is C27H20N2O4S2. The molecule has 174 valence electrons. The van der Waals surface area contributed by atoms with Crippen LogP contribution >= 0.6 is 11.8 Å². The first-order valence-corrected chi connectivity index (χ1v) is 13.0. The number of hydrogen-bond donors (Lipinski definition) is 1. The number of thioether (sulfide) groups is 1. The summed E-state index contributed by atoms with van der Waals surface area (Å²) < 4.78 is 31.6. The van der Waals surface area contributed by atoms with Gasteiger partial charge in [0.25, 0.3) is 5.91 Å². The number of nitrogens with one attached hydrogen (secondary N) is 1. The topological polar surface area (TPSA) is 84.8 Å². The van der Waals surface area contributed by atoms with Crippen molar-refractivity contribution in [3.63, 3.8) is 0 Å². The lowest BCUT2D eigenvalue weighted by molar-refractivity contribution is -0.115. The maximum Gasteiger partial charge on any atom is 0.339 e. The Kier molecular flexibility index (Phi) is 6.15. The van der Waals surface area contributed by atoms with Gasteiger partial charge in [-0.25, -0.2) is 4.99 Å². The lowest BCUT2D eigenvalue weighted by Crippen LogP contribution is -2.19. The molecular weight excluding hydrogens is 480 g/mol. The molecule has 0 atom stereocenters. The molecule has 35 heavy (non-hydrogen) atoms. The highest BCUT2D eigenvalue weighted by molar-refractivity contribution is 8.18. The molecule has 8 heteroatoms. The summed E-state index contributed by atoms with van der Waals surface area (Å²) in [6.07, 6.45) is 1.65. The van der Waals surface area contributed by atoms with Crippen molar-refractivity contribution in [1.29, 1.82) is 0 Å². The van der Waals surface area contributed by atoms with Crippen molar-refractivity contribution in [2.24, 2.45) is 4.99 Å². The van der Waals surface area contributed by atoms with Crippen molar-refractivity contribution in [3.8, 4) is 5.75 Å². The van der Waals surface area contributed by atoms with E-state index in [-0.39, 0.29) is 16.6 Å². The maximum atomic E-state index is 13.0. The maximum absolute atomic E-state index is 13.0. The fourth-order valence-corrected chi connectivity index (χ4v) is 5.37. The van der Waals surface area contributed by atoms with Crippen LogP contribution in [0.5, 0.6) is 5.75 Å². The Hall–Kier alpha value is -3.88. The first-order chi connectivity index (χ1) is 16.9. The number of amidine groups is 1. The average molecular weight is 501 g/mol.